The van der Waals surface area contributed by atoms with Crippen LogP contribution in [0, 0.1) is 0 Å². The monoisotopic (exact) mass is 427 g/mol. The van der Waals surface area contributed by atoms with Crippen LogP contribution >= 0.6 is 0 Å². The molecule has 0 spiro atoms. The molecule has 1 saturated heterocycles. The minimum Gasteiger partial charge on any atom is -0.383 e. The van der Waals surface area contributed by atoms with Gasteiger partial charge in [0.25, 0.3) is 0 Å². The molecule has 1 fully saturated rings. The number of rotatable bonds is 5. The Morgan fingerprint density at radius 2 is 2.09 bits per heavy atom. The third-order valence-electron chi connectivity index (χ3n) is 6.25. The van der Waals surface area contributed by atoms with Gasteiger partial charge in [-0.1, -0.05) is 30.8 Å². The number of nitrogens with two attached hydrogens (primary N) is 1. The fourth-order valence-electron chi connectivity index (χ4n) is 4.73. The zero-order chi connectivity index (χ0) is 22.2. The van der Waals surface area contributed by atoms with Gasteiger partial charge in [-0.25, -0.2) is 9.97 Å². The third kappa shape index (κ3) is 3.33. The van der Waals surface area contributed by atoms with Crippen LogP contribution in [0.15, 0.2) is 61.7 Å². The van der Waals surface area contributed by atoms with E-state index in [9.17, 15) is 4.79 Å². The molecular formula is C24H25N7O. The topological polar surface area (TPSA) is 94.9 Å². The summed E-state index contributed by atoms with van der Waals surface area (Å²) in [5, 5.41) is 5.14. The molecule has 0 saturated carbocycles. The summed E-state index contributed by atoms with van der Waals surface area (Å²) in [7, 11) is 2.01. The highest BCUT2D eigenvalue weighted by Crippen LogP contribution is 2.42. The van der Waals surface area contributed by atoms with Crippen molar-refractivity contribution in [2.24, 2.45) is 7.05 Å². The van der Waals surface area contributed by atoms with Crippen molar-refractivity contribution in [1.82, 2.24) is 29.2 Å². The van der Waals surface area contributed by atoms with Gasteiger partial charge in [-0.3, -0.25) is 9.48 Å². The maximum Gasteiger partial charge on any atom is 0.245 e. The first-order chi connectivity index (χ1) is 15.6. The van der Waals surface area contributed by atoms with Gasteiger partial charge in [0.1, 0.15) is 17.8 Å². The molecule has 1 atom stereocenters. The number of anilines is 1. The van der Waals surface area contributed by atoms with E-state index in [4.69, 9.17) is 5.73 Å². The van der Waals surface area contributed by atoms with Crippen molar-refractivity contribution in [2.75, 3.05) is 18.8 Å². The Bertz CT molecular complexity index is 1290. The van der Waals surface area contributed by atoms with Gasteiger partial charge >= 0.3 is 0 Å². The third-order valence-corrected chi connectivity index (χ3v) is 6.25. The van der Waals surface area contributed by atoms with Gasteiger partial charge in [-0.15, -0.1) is 0 Å². The van der Waals surface area contributed by atoms with Gasteiger partial charge in [0, 0.05) is 49.7 Å². The summed E-state index contributed by atoms with van der Waals surface area (Å²) < 4.78 is 4.00. The van der Waals surface area contributed by atoms with Gasteiger partial charge in [0.2, 0.25) is 5.91 Å². The number of amides is 1. The van der Waals surface area contributed by atoms with Crippen molar-refractivity contribution in [3.05, 3.63) is 73.0 Å². The van der Waals surface area contributed by atoms with Crippen LogP contribution in [0.3, 0.4) is 0 Å². The minimum atomic E-state index is -0.0323. The van der Waals surface area contributed by atoms with Gasteiger partial charge in [-0.2, -0.15) is 5.10 Å². The van der Waals surface area contributed by atoms with Crippen molar-refractivity contribution >= 4 is 22.8 Å². The number of hydrogen-bond acceptors (Lipinski definition) is 5. The van der Waals surface area contributed by atoms with Crippen molar-refractivity contribution in [1.29, 1.82) is 0 Å². The zero-order valence-corrected chi connectivity index (χ0v) is 18.0. The van der Waals surface area contributed by atoms with E-state index in [0.29, 0.717) is 25.5 Å². The summed E-state index contributed by atoms with van der Waals surface area (Å²) in [5.74, 6) is 0.607. The predicted octanol–water partition coefficient (Wildman–Crippen LogP) is 2.96. The molecule has 8 nitrogen and oxygen atoms in total. The predicted molar refractivity (Wildman–Crippen MR) is 124 cm³/mol. The molecule has 1 amide bonds. The van der Waals surface area contributed by atoms with Gasteiger partial charge in [0.15, 0.2) is 0 Å². The fourth-order valence-corrected chi connectivity index (χ4v) is 4.73. The molecule has 5 rings (SSSR count). The summed E-state index contributed by atoms with van der Waals surface area (Å²) in [5.41, 5.74) is 11.5. The number of hydrogen-bond donors (Lipinski definition) is 1. The normalized spacial score (nSPS) is 16.0. The number of likely N-dealkylation sites (tertiary alicyclic amines) is 1. The maximum absolute atomic E-state index is 12.2. The van der Waals surface area contributed by atoms with Crippen LogP contribution in [0.2, 0.25) is 0 Å². The number of aryl methyl sites for hydroxylation is 1. The summed E-state index contributed by atoms with van der Waals surface area (Å²) in [6.45, 7) is 5.69. The Balaban J connectivity index is 1.59. The van der Waals surface area contributed by atoms with E-state index >= 15 is 0 Å². The van der Waals surface area contributed by atoms with E-state index in [2.05, 4.69) is 50.5 Å². The summed E-state index contributed by atoms with van der Waals surface area (Å²) in [4.78, 5) is 22.8. The number of benzene rings is 1. The van der Waals surface area contributed by atoms with E-state index in [1.165, 1.54) is 12.4 Å². The van der Waals surface area contributed by atoms with Crippen molar-refractivity contribution < 1.29 is 4.79 Å². The second kappa shape index (κ2) is 7.96. The highest BCUT2D eigenvalue weighted by molar-refractivity contribution is 6.02. The molecule has 4 aromatic rings. The Morgan fingerprint density at radius 1 is 1.28 bits per heavy atom. The van der Waals surface area contributed by atoms with Crippen LogP contribution in [-0.2, 0) is 18.4 Å². The highest BCUT2D eigenvalue weighted by Gasteiger charge is 2.32. The Labute approximate surface area is 186 Å². The second-order valence-corrected chi connectivity index (χ2v) is 8.15. The SMILES string of the molecule is C=CC(=O)N1CCC(c2c(-c3ccc(Cn4cccn4)cc3)c3c(N)ncnc3n2C)C1. The molecule has 2 N–H and O–H groups in total. The fraction of sp³-hybridized carbons (Fsp3) is 0.250. The molecule has 162 valence electrons. The molecule has 1 aliphatic heterocycles. The van der Waals surface area contributed by atoms with Crippen molar-refractivity contribution in [3.63, 3.8) is 0 Å². The zero-order valence-electron chi connectivity index (χ0n) is 18.0. The Kier molecular flexibility index (Phi) is 4.97. The van der Waals surface area contributed by atoms with Crippen molar-refractivity contribution in [3.8, 4) is 11.1 Å². The number of fused-ring (bicyclic) bond motifs is 1. The van der Waals surface area contributed by atoms with Crippen LogP contribution in [0.1, 0.15) is 23.6 Å². The molecule has 3 aromatic heterocycles. The van der Waals surface area contributed by atoms with E-state index in [-0.39, 0.29) is 11.8 Å². The van der Waals surface area contributed by atoms with Crippen LogP contribution in [0.5, 0.6) is 0 Å². The lowest BCUT2D eigenvalue weighted by atomic mass is 9.94. The van der Waals surface area contributed by atoms with E-state index in [1.54, 1.807) is 6.20 Å². The van der Waals surface area contributed by atoms with Gasteiger partial charge in [-0.05, 0) is 29.7 Å². The minimum absolute atomic E-state index is 0.0323. The molecule has 1 unspecified atom stereocenters. The first-order valence-electron chi connectivity index (χ1n) is 10.6. The summed E-state index contributed by atoms with van der Waals surface area (Å²) >= 11 is 0. The molecule has 0 bridgehead atoms. The number of nitrogens with zero attached hydrogens (tertiary/aromatic N) is 6. The quantitative estimate of drug-likeness (QED) is 0.494. The van der Waals surface area contributed by atoms with Crippen molar-refractivity contribution in [2.45, 2.75) is 18.9 Å². The molecule has 1 aromatic carbocycles. The maximum atomic E-state index is 12.2. The number of aromatic nitrogens is 5. The molecule has 0 aliphatic carbocycles. The van der Waals surface area contributed by atoms with E-state index in [0.717, 1.165) is 39.8 Å². The lowest BCUT2D eigenvalue weighted by Crippen LogP contribution is -2.26. The Hall–Kier alpha value is -3.94. The summed E-state index contributed by atoms with van der Waals surface area (Å²) in [6.07, 6.45) is 7.49. The molecule has 0 radical (unpaired) electrons. The van der Waals surface area contributed by atoms with Crippen LogP contribution < -0.4 is 5.73 Å². The first-order valence-corrected chi connectivity index (χ1v) is 10.6. The number of carbonyl (C=O) groups is 1. The molecule has 8 heteroatoms. The smallest absolute Gasteiger partial charge is 0.245 e. The lowest BCUT2D eigenvalue weighted by Gasteiger charge is -2.17. The molecular weight excluding hydrogens is 402 g/mol. The largest absolute Gasteiger partial charge is 0.383 e. The van der Waals surface area contributed by atoms with Crippen LogP contribution in [-0.4, -0.2) is 48.2 Å². The van der Waals surface area contributed by atoms with E-state index < -0.39 is 0 Å². The van der Waals surface area contributed by atoms with E-state index in [1.807, 2.05) is 28.9 Å². The van der Waals surface area contributed by atoms with Gasteiger partial charge in [0.05, 0.1) is 11.9 Å². The average molecular weight is 428 g/mol. The number of carbonyl (C=O) groups excluding carboxylic acids is 1. The summed E-state index contributed by atoms with van der Waals surface area (Å²) in [6, 6.07) is 10.4. The molecule has 4 heterocycles. The second-order valence-electron chi connectivity index (χ2n) is 8.15. The Morgan fingerprint density at radius 3 is 2.81 bits per heavy atom. The first kappa shape index (κ1) is 20.0. The lowest BCUT2D eigenvalue weighted by molar-refractivity contribution is -0.125. The number of nitrogen functional groups attached to an aromatic ring is 1. The average Bonchev–Trinajstić information content (AvgIpc) is 3.54. The van der Waals surface area contributed by atoms with Crippen LogP contribution in [0.4, 0.5) is 5.82 Å². The molecule has 1 aliphatic rings. The molecule has 32 heavy (non-hydrogen) atoms. The van der Waals surface area contributed by atoms with Gasteiger partial charge < -0.3 is 15.2 Å². The van der Waals surface area contributed by atoms with Crippen LogP contribution in [0.25, 0.3) is 22.2 Å². The highest BCUT2D eigenvalue weighted by atomic mass is 16.2. The standard InChI is InChI=1S/C24H25N7O/c1-3-19(32)30-12-9-18(14-30)22-20(21-23(25)26-15-27-24(21)29(22)2)17-7-5-16(6-8-17)13-31-11-4-10-28-31/h3-8,10-11,15,18H,1,9,12-14H2,2H3,(H2,25,26,27).